The topological polar surface area (TPSA) is 9.23 Å². The zero-order valence-electron chi connectivity index (χ0n) is 7.48. The zero-order chi connectivity index (χ0) is 8.81. The fourth-order valence-electron chi connectivity index (χ4n) is 1.23. The monoisotopic (exact) mass is 230 g/mol. The molecule has 1 saturated heterocycles. The van der Waals surface area contributed by atoms with Crippen molar-refractivity contribution < 1.29 is 4.74 Å². The zero-order valence-corrected chi connectivity index (χ0v) is 9.06. The van der Waals surface area contributed by atoms with Gasteiger partial charge in [0.1, 0.15) is 0 Å². The van der Waals surface area contributed by atoms with Crippen molar-refractivity contribution >= 4 is 15.9 Å². The van der Waals surface area contributed by atoms with Gasteiger partial charge in [-0.05, 0) is 22.6 Å². The van der Waals surface area contributed by atoms with E-state index in [4.69, 9.17) is 4.74 Å². The third-order valence-electron chi connectivity index (χ3n) is 2.01. The number of allylic oxidation sites excluding steroid dienone is 1. The summed E-state index contributed by atoms with van der Waals surface area (Å²) in [7, 11) is 0. The average molecular weight is 231 g/mol. The van der Waals surface area contributed by atoms with Crippen molar-refractivity contribution in [1.29, 1.82) is 0 Å². The molecule has 0 unspecified atom stereocenters. The minimum atomic E-state index is 0.767. The van der Waals surface area contributed by atoms with Crippen molar-refractivity contribution in [2.45, 2.75) is 26.2 Å². The van der Waals surface area contributed by atoms with E-state index in [1.807, 2.05) is 4.99 Å². The minimum Gasteiger partial charge on any atom is -0.372 e. The second kappa shape index (κ2) is 5.55. The molecule has 1 heterocycles. The Morgan fingerprint density at radius 3 is 2.83 bits per heavy atom. The van der Waals surface area contributed by atoms with Crippen LogP contribution in [0.5, 0.6) is 0 Å². The van der Waals surface area contributed by atoms with Crippen molar-refractivity contribution in [3.63, 3.8) is 0 Å². The lowest BCUT2D eigenvalue weighted by Crippen LogP contribution is -1.83. The molecule has 0 bridgehead atoms. The third-order valence-corrected chi connectivity index (χ3v) is 2.56. The molecule has 1 nitrogen and oxygen atoms in total. The van der Waals surface area contributed by atoms with Crippen LogP contribution in [0.15, 0.2) is 22.2 Å². The lowest BCUT2D eigenvalue weighted by atomic mass is 10.1. The van der Waals surface area contributed by atoms with E-state index in [0.29, 0.717) is 0 Å². The first-order valence-corrected chi connectivity index (χ1v) is 5.36. The fraction of sp³-hybridized carbons (Fsp3) is 0.600. The lowest BCUT2D eigenvalue weighted by molar-refractivity contribution is 0.215. The normalized spacial score (nSPS) is 24.2. The van der Waals surface area contributed by atoms with Crippen molar-refractivity contribution in [1.82, 2.24) is 0 Å². The molecule has 0 aromatic heterocycles. The molecule has 2 heteroatoms. The quantitative estimate of drug-likeness (QED) is 0.676. The predicted octanol–water partition coefficient (Wildman–Crippen LogP) is 3.41. The summed E-state index contributed by atoms with van der Waals surface area (Å²) in [4.78, 5) is 1.97. The standard InChI is InChI=1S/C10H15BrO/c1-2-3-4-5-9-7-12-8-10(9)6-11/h5-6H,2-4,7-8H2,1H3/b9-5+,10-6-. The predicted molar refractivity (Wildman–Crippen MR) is 55.4 cm³/mol. The average Bonchev–Trinajstić information content (AvgIpc) is 2.52. The van der Waals surface area contributed by atoms with Gasteiger partial charge in [0.2, 0.25) is 0 Å². The summed E-state index contributed by atoms with van der Waals surface area (Å²) in [6, 6.07) is 0. The first-order chi connectivity index (χ1) is 5.88. The van der Waals surface area contributed by atoms with Crippen LogP contribution in [0, 0.1) is 0 Å². The second-order valence-corrected chi connectivity index (χ2v) is 3.46. The summed E-state index contributed by atoms with van der Waals surface area (Å²) in [5.41, 5.74) is 2.66. The molecule has 0 amide bonds. The number of unbranched alkanes of at least 4 members (excludes halogenated alkanes) is 2. The first kappa shape index (κ1) is 10.0. The Bertz CT molecular complexity index is 194. The van der Waals surface area contributed by atoms with Gasteiger partial charge in [-0.3, -0.25) is 0 Å². The van der Waals surface area contributed by atoms with Crippen molar-refractivity contribution in [2.24, 2.45) is 0 Å². The molecule has 0 atom stereocenters. The highest BCUT2D eigenvalue weighted by Crippen LogP contribution is 2.20. The molecular weight excluding hydrogens is 216 g/mol. The molecule has 0 saturated carbocycles. The molecule has 1 rings (SSSR count). The molecule has 0 aromatic carbocycles. The second-order valence-electron chi connectivity index (χ2n) is 3.00. The van der Waals surface area contributed by atoms with Crippen LogP contribution in [0.25, 0.3) is 0 Å². The van der Waals surface area contributed by atoms with Gasteiger partial charge in [-0.25, -0.2) is 0 Å². The lowest BCUT2D eigenvalue weighted by Gasteiger charge is -1.96. The Balaban J connectivity index is 2.44. The van der Waals surface area contributed by atoms with Crippen molar-refractivity contribution in [3.05, 3.63) is 22.2 Å². The Morgan fingerprint density at radius 2 is 2.17 bits per heavy atom. The largest absolute Gasteiger partial charge is 0.372 e. The van der Waals surface area contributed by atoms with Gasteiger partial charge in [0, 0.05) is 0 Å². The van der Waals surface area contributed by atoms with E-state index in [1.54, 1.807) is 0 Å². The van der Waals surface area contributed by atoms with Crippen molar-refractivity contribution in [2.75, 3.05) is 13.2 Å². The van der Waals surface area contributed by atoms with Crippen LogP contribution >= 0.6 is 15.9 Å². The maximum atomic E-state index is 5.32. The number of rotatable bonds is 3. The molecule has 1 aliphatic rings. The molecule has 0 N–H and O–H groups in total. The van der Waals surface area contributed by atoms with E-state index in [2.05, 4.69) is 28.9 Å². The molecule has 68 valence electrons. The van der Waals surface area contributed by atoms with E-state index >= 15 is 0 Å². The van der Waals surface area contributed by atoms with Crippen LogP contribution < -0.4 is 0 Å². The van der Waals surface area contributed by atoms with Crippen LogP contribution in [0.3, 0.4) is 0 Å². The van der Waals surface area contributed by atoms with Crippen LogP contribution in [-0.4, -0.2) is 13.2 Å². The highest BCUT2D eigenvalue weighted by molar-refractivity contribution is 9.11. The van der Waals surface area contributed by atoms with E-state index in [-0.39, 0.29) is 0 Å². The number of halogens is 1. The van der Waals surface area contributed by atoms with Crippen molar-refractivity contribution in [3.8, 4) is 0 Å². The van der Waals surface area contributed by atoms with Crippen LogP contribution in [0.4, 0.5) is 0 Å². The summed E-state index contributed by atoms with van der Waals surface area (Å²) in [5, 5.41) is 0. The first-order valence-electron chi connectivity index (χ1n) is 4.45. The van der Waals surface area contributed by atoms with E-state index in [0.717, 1.165) is 13.2 Å². The molecule has 0 spiro atoms. The smallest absolute Gasteiger partial charge is 0.0729 e. The Morgan fingerprint density at radius 1 is 1.42 bits per heavy atom. The Hall–Kier alpha value is -0.0800. The molecule has 0 radical (unpaired) electrons. The van der Waals surface area contributed by atoms with Gasteiger partial charge >= 0.3 is 0 Å². The summed E-state index contributed by atoms with van der Waals surface area (Å²) in [6.07, 6.45) is 6.01. The van der Waals surface area contributed by atoms with E-state index in [9.17, 15) is 0 Å². The number of hydrogen-bond acceptors (Lipinski definition) is 1. The van der Waals surface area contributed by atoms with Gasteiger partial charge in [0.05, 0.1) is 13.2 Å². The molecule has 1 aliphatic heterocycles. The third kappa shape index (κ3) is 2.76. The maximum absolute atomic E-state index is 5.32. The molecule has 0 aliphatic carbocycles. The molecule has 0 aromatic rings. The Labute approximate surface area is 82.6 Å². The van der Waals surface area contributed by atoms with E-state index in [1.165, 1.54) is 30.4 Å². The highest BCUT2D eigenvalue weighted by atomic mass is 79.9. The van der Waals surface area contributed by atoms with Crippen LogP contribution in [0.1, 0.15) is 26.2 Å². The van der Waals surface area contributed by atoms with Crippen LogP contribution in [0.2, 0.25) is 0 Å². The van der Waals surface area contributed by atoms with Gasteiger partial charge in [-0.1, -0.05) is 41.8 Å². The van der Waals surface area contributed by atoms with Gasteiger partial charge in [0.25, 0.3) is 0 Å². The maximum Gasteiger partial charge on any atom is 0.0729 e. The van der Waals surface area contributed by atoms with Gasteiger partial charge in [0.15, 0.2) is 0 Å². The van der Waals surface area contributed by atoms with Gasteiger partial charge < -0.3 is 4.74 Å². The Kier molecular flexibility index (Phi) is 4.62. The van der Waals surface area contributed by atoms with Gasteiger partial charge in [-0.15, -0.1) is 0 Å². The molecule has 1 fully saturated rings. The summed E-state index contributed by atoms with van der Waals surface area (Å²) < 4.78 is 5.32. The molecular formula is C10H15BrO. The highest BCUT2D eigenvalue weighted by Gasteiger charge is 2.12. The fourth-order valence-corrected chi connectivity index (χ4v) is 1.65. The van der Waals surface area contributed by atoms with Crippen LogP contribution in [-0.2, 0) is 4.74 Å². The summed E-state index contributed by atoms with van der Waals surface area (Å²) in [5.74, 6) is 0. The molecule has 12 heavy (non-hydrogen) atoms. The summed E-state index contributed by atoms with van der Waals surface area (Å²) >= 11 is 3.34. The SMILES string of the molecule is CCCC/C=C1\COC\C1=C\Br. The number of hydrogen-bond donors (Lipinski definition) is 0. The summed E-state index contributed by atoms with van der Waals surface area (Å²) in [6.45, 7) is 3.77. The number of ether oxygens (including phenoxy) is 1. The van der Waals surface area contributed by atoms with E-state index < -0.39 is 0 Å². The minimum absolute atomic E-state index is 0.767. The van der Waals surface area contributed by atoms with Gasteiger partial charge in [-0.2, -0.15) is 0 Å².